The molecule has 1 heterocycles. The average molecular weight is 231 g/mol. The molecule has 2 aromatic rings. The van der Waals surface area contributed by atoms with Crippen LogP contribution in [0.25, 0.3) is 11.0 Å². The highest BCUT2D eigenvalue weighted by Crippen LogP contribution is 2.40. The molecule has 90 valence electrons. The van der Waals surface area contributed by atoms with Crippen LogP contribution < -0.4 is 10.5 Å². The van der Waals surface area contributed by atoms with Gasteiger partial charge in [0.2, 0.25) is 5.95 Å². The van der Waals surface area contributed by atoms with E-state index in [0.717, 1.165) is 35.2 Å². The van der Waals surface area contributed by atoms with E-state index < -0.39 is 0 Å². The molecule has 1 saturated carbocycles. The Bertz CT molecular complexity index is 561. The van der Waals surface area contributed by atoms with Gasteiger partial charge in [-0.3, -0.25) is 0 Å². The number of rotatable bonds is 3. The number of benzene rings is 1. The van der Waals surface area contributed by atoms with E-state index in [1.807, 2.05) is 18.2 Å². The number of nitrogen functional groups attached to an aromatic ring is 1. The van der Waals surface area contributed by atoms with Gasteiger partial charge in [-0.2, -0.15) is 0 Å². The Labute approximate surface area is 100 Å². The topological polar surface area (TPSA) is 53.1 Å². The molecule has 4 heteroatoms. The number of hydrogen-bond acceptors (Lipinski definition) is 3. The van der Waals surface area contributed by atoms with Crippen molar-refractivity contribution < 1.29 is 4.74 Å². The fourth-order valence-electron chi connectivity index (χ4n) is 2.38. The monoisotopic (exact) mass is 231 g/mol. The molecule has 1 fully saturated rings. The van der Waals surface area contributed by atoms with Crippen LogP contribution in [0.1, 0.15) is 13.3 Å². The van der Waals surface area contributed by atoms with Crippen molar-refractivity contribution in [2.45, 2.75) is 19.9 Å². The van der Waals surface area contributed by atoms with Crippen LogP contribution in [-0.2, 0) is 6.54 Å². The molecule has 0 spiro atoms. The molecule has 0 radical (unpaired) electrons. The van der Waals surface area contributed by atoms with Gasteiger partial charge in [-0.25, -0.2) is 4.98 Å². The largest absolute Gasteiger partial charge is 0.494 e. The predicted octanol–water partition coefficient (Wildman–Crippen LogP) is 2.28. The summed E-state index contributed by atoms with van der Waals surface area (Å²) in [5.74, 6) is 2.94. The lowest BCUT2D eigenvalue weighted by Gasteiger charge is -2.05. The van der Waals surface area contributed by atoms with Gasteiger partial charge in [0.15, 0.2) is 0 Å². The zero-order valence-electron chi connectivity index (χ0n) is 10.2. The third-order valence-electron chi connectivity index (χ3n) is 3.68. The Hall–Kier alpha value is -1.71. The van der Waals surface area contributed by atoms with Crippen LogP contribution >= 0.6 is 0 Å². The molecule has 1 aliphatic rings. The summed E-state index contributed by atoms with van der Waals surface area (Å²) in [6, 6.07) is 5.95. The Morgan fingerprint density at radius 1 is 1.53 bits per heavy atom. The van der Waals surface area contributed by atoms with Crippen LogP contribution in [0, 0.1) is 11.8 Å². The first kappa shape index (κ1) is 10.4. The Balaban J connectivity index is 2.07. The average Bonchev–Trinajstić information content (AvgIpc) is 2.92. The number of anilines is 1. The fourth-order valence-corrected chi connectivity index (χ4v) is 2.38. The van der Waals surface area contributed by atoms with Gasteiger partial charge < -0.3 is 15.0 Å². The highest BCUT2D eigenvalue weighted by atomic mass is 16.5. The van der Waals surface area contributed by atoms with Crippen molar-refractivity contribution in [2.75, 3.05) is 12.8 Å². The van der Waals surface area contributed by atoms with E-state index in [2.05, 4.69) is 16.5 Å². The van der Waals surface area contributed by atoms with Crippen LogP contribution in [0.4, 0.5) is 5.95 Å². The van der Waals surface area contributed by atoms with Gasteiger partial charge >= 0.3 is 0 Å². The summed E-state index contributed by atoms with van der Waals surface area (Å²) in [5.41, 5.74) is 7.93. The van der Waals surface area contributed by atoms with Gasteiger partial charge in [-0.05, 0) is 30.4 Å². The number of nitrogens with zero attached hydrogens (tertiary/aromatic N) is 2. The van der Waals surface area contributed by atoms with Gasteiger partial charge in [-0.15, -0.1) is 0 Å². The first-order valence-electron chi connectivity index (χ1n) is 5.99. The summed E-state index contributed by atoms with van der Waals surface area (Å²) in [4.78, 5) is 4.41. The molecular weight excluding hydrogens is 214 g/mol. The number of aromatic nitrogens is 2. The van der Waals surface area contributed by atoms with Gasteiger partial charge in [0.1, 0.15) is 11.3 Å². The van der Waals surface area contributed by atoms with Crippen LogP contribution in [0.3, 0.4) is 0 Å². The fraction of sp³-hybridized carbons (Fsp3) is 0.462. The highest BCUT2D eigenvalue weighted by Gasteiger charge is 2.33. The molecule has 4 nitrogen and oxygen atoms in total. The first-order chi connectivity index (χ1) is 8.20. The molecule has 3 rings (SSSR count). The summed E-state index contributed by atoms with van der Waals surface area (Å²) in [5, 5.41) is 0. The molecular formula is C13H17N3O. The zero-order chi connectivity index (χ0) is 12.0. The van der Waals surface area contributed by atoms with E-state index in [4.69, 9.17) is 10.5 Å². The molecule has 2 unspecified atom stereocenters. The normalized spacial score (nSPS) is 22.9. The van der Waals surface area contributed by atoms with Crippen molar-refractivity contribution in [3.05, 3.63) is 18.2 Å². The van der Waals surface area contributed by atoms with Crippen molar-refractivity contribution in [3.63, 3.8) is 0 Å². The molecule has 2 N–H and O–H groups in total. The van der Waals surface area contributed by atoms with Crippen molar-refractivity contribution in [1.82, 2.24) is 9.55 Å². The smallest absolute Gasteiger partial charge is 0.201 e. The third-order valence-corrected chi connectivity index (χ3v) is 3.68. The van der Waals surface area contributed by atoms with Crippen molar-refractivity contribution >= 4 is 17.0 Å². The zero-order valence-corrected chi connectivity index (χ0v) is 10.2. The van der Waals surface area contributed by atoms with Crippen LogP contribution in [0.2, 0.25) is 0 Å². The lowest BCUT2D eigenvalue weighted by atomic mass is 10.2. The molecule has 2 atom stereocenters. The van der Waals surface area contributed by atoms with E-state index in [1.54, 1.807) is 7.11 Å². The summed E-state index contributed by atoms with van der Waals surface area (Å²) < 4.78 is 7.41. The van der Waals surface area contributed by atoms with E-state index in [1.165, 1.54) is 6.42 Å². The van der Waals surface area contributed by atoms with E-state index in [-0.39, 0.29) is 0 Å². The maximum absolute atomic E-state index is 5.99. The summed E-state index contributed by atoms with van der Waals surface area (Å²) >= 11 is 0. The van der Waals surface area contributed by atoms with Crippen LogP contribution in [0.5, 0.6) is 5.75 Å². The van der Waals surface area contributed by atoms with Crippen molar-refractivity contribution in [1.29, 1.82) is 0 Å². The molecule has 0 aliphatic heterocycles. The number of para-hydroxylation sites is 1. The Morgan fingerprint density at radius 2 is 2.29 bits per heavy atom. The number of methoxy groups -OCH3 is 1. The SMILES string of the molecule is COc1cccc2c1nc(N)n2CC1CC1C. The van der Waals surface area contributed by atoms with Crippen molar-refractivity contribution in [2.24, 2.45) is 11.8 Å². The van der Waals surface area contributed by atoms with Gasteiger partial charge in [0.25, 0.3) is 0 Å². The number of nitrogens with two attached hydrogens (primary N) is 1. The lowest BCUT2D eigenvalue weighted by Crippen LogP contribution is -2.05. The summed E-state index contributed by atoms with van der Waals surface area (Å²) in [6.07, 6.45) is 1.29. The second-order valence-corrected chi connectivity index (χ2v) is 4.88. The maximum atomic E-state index is 5.99. The minimum Gasteiger partial charge on any atom is -0.494 e. The maximum Gasteiger partial charge on any atom is 0.201 e. The van der Waals surface area contributed by atoms with Gasteiger partial charge in [0.05, 0.1) is 12.6 Å². The van der Waals surface area contributed by atoms with Crippen LogP contribution in [-0.4, -0.2) is 16.7 Å². The lowest BCUT2D eigenvalue weighted by molar-refractivity contribution is 0.419. The summed E-state index contributed by atoms with van der Waals surface area (Å²) in [7, 11) is 1.66. The minimum atomic E-state index is 0.587. The second-order valence-electron chi connectivity index (χ2n) is 4.88. The number of imidazole rings is 1. The summed E-state index contributed by atoms with van der Waals surface area (Å²) in [6.45, 7) is 3.25. The Morgan fingerprint density at radius 3 is 2.94 bits per heavy atom. The molecule has 0 saturated heterocycles. The molecule has 0 amide bonds. The van der Waals surface area contributed by atoms with E-state index >= 15 is 0 Å². The first-order valence-corrected chi connectivity index (χ1v) is 5.99. The number of hydrogen-bond donors (Lipinski definition) is 1. The van der Waals surface area contributed by atoms with E-state index in [9.17, 15) is 0 Å². The van der Waals surface area contributed by atoms with Crippen LogP contribution in [0.15, 0.2) is 18.2 Å². The number of fused-ring (bicyclic) bond motifs is 1. The highest BCUT2D eigenvalue weighted by molar-refractivity contribution is 5.84. The third kappa shape index (κ3) is 1.64. The minimum absolute atomic E-state index is 0.587. The van der Waals surface area contributed by atoms with E-state index in [0.29, 0.717) is 5.95 Å². The molecule has 17 heavy (non-hydrogen) atoms. The Kier molecular flexibility index (Phi) is 2.24. The molecule has 1 aliphatic carbocycles. The molecule has 1 aromatic heterocycles. The number of ether oxygens (including phenoxy) is 1. The molecule has 0 bridgehead atoms. The second kappa shape index (κ2) is 3.65. The standard InChI is InChI=1S/C13H17N3O/c1-8-6-9(8)7-16-10-4-3-5-11(17-2)12(10)15-13(16)14/h3-5,8-9H,6-7H2,1-2H3,(H2,14,15). The quantitative estimate of drug-likeness (QED) is 0.881. The molecule has 1 aromatic carbocycles. The van der Waals surface area contributed by atoms with Crippen molar-refractivity contribution in [3.8, 4) is 5.75 Å². The van der Waals surface area contributed by atoms with Gasteiger partial charge in [-0.1, -0.05) is 13.0 Å². The predicted molar refractivity (Wildman–Crippen MR) is 68.0 cm³/mol. The van der Waals surface area contributed by atoms with Gasteiger partial charge in [0, 0.05) is 6.54 Å².